The van der Waals surface area contributed by atoms with Gasteiger partial charge in [0.1, 0.15) is 17.8 Å². The van der Waals surface area contributed by atoms with E-state index in [1.54, 1.807) is 32.9 Å². The molecule has 1 aliphatic heterocycles. The molecule has 1 aromatic carbocycles. The van der Waals surface area contributed by atoms with E-state index in [2.05, 4.69) is 25.2 Å². The molecule has 1 amide bonds. The standard InChI is InChI=1S/C22H26N6O3/c1-30-18-5-4-17(12-19(18)31-2)14-25-21(29)13-22(27-11-9-24-16-27)7-3-10-28(22)20-6-8-23-15-26-20/h4-6,8-9,11-12,15-16H,3,7,10,13-14H2,1-2H3,(H,25,29). The van der Waals surface area contributed by atoms with Crippen LogP contribution < -0.4 is 19.7 Å². The van der Waals surface area contributed by atoms with E-state index >= 15 is 0 Å². The van der Waals surface area contributed by atoms with Crippen molar-refractivity contribution in [2.45, 2.75) is 31.5 Å². The van der Waals surface area contributed by atoms with Gasteiger partial charge in [-0.25, -0.2) is 15.0 Å². The van der Waals surface area contributed by atoms with Crippen molar-refractivity contribution in [1.82, 2.24) is 24.8 Å². The van der Waals surface area contributed by atoms with E-state index in [1.807, 2.05) is 35.0 Å². The van der Waals surface area contributed by atoms with Gasteiger partial charge in [0, 0.05) is 31.7 Å². The molecule has 1 saturated heterocycles. The molecule has 2 aromatic heterocycles. The van der Waals surface area contributed by atoms with Crippen molar-refractivity contribution in [3.8, 4) is 11.5 Å². The van der Waals surface area contributed by atoms with Crippen LogP contribution in [0.1, 0.15) is 24.8 Å². The van der Waals surface area contributed by atoms with Crippen LogP contribution in [0.4, 0.5) is 5.82 Å². The number of anilines is 1. The van der Waals surface area contributed by atoms with Crippen LogP contribution in [0.5, 0.6) is 11.5 Å². The Bertz CT molecular complexity index is 1010. The van der Waals surface area contributed by atoms with E-state index in [9.17, 15) is 4.79 Å². The zero-order valence-corrected chi connectivity index (χ0v) is 17.7. The van der Waals surface area contributed by atoms with Crippen LogP contribution in [0.2, 0.25) is 0 Å². The van der Waals surface area contributed by atoms with Crippen molar-refractivity contribution >= 4 is 11.7 Å². The minimum atomic E-state index is -0.563. The predicted molar refractivity (Wildman–Crippen MR) is 115 cm³/mol. The number of nitrogens with zero attached hydrogens (tertiary/aromatic N) is 5. The Morgan fingerprint density at radius 1 is 1.16 bits per heavy atom. The molecule has 1 unspecified atom stereocenters. The number of aromatic nitrogens is 4. The number of nitrogens with one attached hydrogen (secondary N) is 1. The highest BCUT2D eigenvalue weighted by molar-refractivity contribution is 5.77. The lowest BCUT2D eigenvalue weighted by Gasteiger charge is -2.40. The van der Waals surface area contributed by atoms with Crippen LogP contribution in [-0.2, 0) is 17.0 Å². The average Bonchev–Trinajstić information content (AvgIpc) is 3.49. The van der Waals surface area contributed by atoms with Crippen molar-refractivity contribution < 1.29 is 14.3 Å². The summed E-state index contributed by atoms with van der Waals surface area (Å²) >= 11 is 0. The first-order chi connectivity index (χ1) is 15.2. The summed E-state index contributed by atoms with van der Waals surface area (Å²) in [7, 11) is 3.19. The van der Waals surface area contributed by atoms with Crippen LogP contribution in [0.25, 0.3) is 0 Å². The first-order valence-corrected chi connectivity index (χ1v) is 10.2. The second-order valence-corrected chi connectivity index (χ2v) is 7.42. The summed E-state index contributed by atoms with van der Waals surface area (Å²) < 4.78 is 12.6. The smallest absolute Gasteiger partial charge is 0.224 e. The highest BCUT2D eigenvalue weighted by Crippen LogP contribution is 2.39. The van der Waals surface area contributed by atoms with E-state index in [4.69, 9.17) is 9.47 Å². The van der Waals surface area contributed by atoms with Crippen LogP contribution in [-0.4, -0.2) is 46.2 Å². The third-order valence-corrected chi connectivity index (χ3v) is 5.67. The molecule has 1 atom stereocenters. The quantitative estimate of drug-likeness (QED) is 0.595. The second-order valence-electron chi connectivity index (χ2n) is 7.42. The molecule has 31 heavy (non-hydrogen) atoms. The maximum absolute atomic E-state index is 13.1. The molecule has 0 radical (unpaired) electrons. The van der Waals surface area contributed by atoms with Gasteiger partial charge in [0.2, 0.25) is 5.91 Å². The summed E-state index contributed by atoms with van der Waals surface area (Å²) in [6.45, 7) is 1.20. The largest absolute Gasteiger partial charge is 0.493 e. The molecular formula is C22H26N6O3. The first-order valence-electron chi connectivity index (χ1n) is 10.2. The number of hydrogen-bond acceptors (Lipinski definition) is 7. The zero-order chi connectivity index (χ0) is 21.7. The molecule has 3 aromatic rings. The molecule has 1 aliphatic rings. The van der Waals surface area contributed by atoms with Gasteiger partial charge >= 0.3 is 0 Å². The third kappa shape index (κ3) is 4.16. The van der Waals surface area contributed by atoms with Crippen LogP contribution in [0.3, 0.4) is 0 Å². The normalized spacial score (nSPS) is 18.1. The molecule has 3 heterocycles. The van der Waals surface area contributed by atoms with Gasteiger partial charge in [-0.3, -0.25) is 4.79 Å². The van der Waals surface area contributed by atoms with Crippen molar-refractivity contribution in [3.05, 3.63) is 61.1 Å². The van der Waals surface area contributed by atoms with E-state index in [-0.39, 0.29) is 12.3 Å². The Morgan fingerprint density at radius 2 is 2.03 bits per heavy atom. The number of methoxy groups -OCH3 is 2. The molecule has 0 spiro atoms. The second kappa shape index (κ2) is 9.03. The molecule has 0 aliphatic carbocycles. The van der Waals surface area contributed by atoms with Gasteiger partial charge in [-0.05, 0) is 36.6 Å². The zero-order valence-electron chi connectivity index (χ0n) is 17.7. The van der Waals surface area contributed by atoms with Crippen molar-refractivity contribution in [2.75, 3.05) is 25.7 Å². The minimum Gasteiger partial charge on any atom is -0.493 e. The SMILES string of the molecule is COc1ccc(CNC(=O)CC2(n3ccnc3)CCCN2c2ccncn2)cc1OC. The van der Waals surface area contributed by atoms with Gasteiger partial charge in [-0.2, -0.15) is 0 Å². The summed E-state index contributed by atoms with van der Waals surface area (Å²) in [6.07, 6.45) is 10.7. The highest BCUT2D eigenvalue weighted by Gasteiger charge is 2.44. The Labute approximate surface area is 181 Å². The van der Waals surface area contributed by atoms with Crippen molar-refractivity contribution in [1.29, 1.82) is 0 Å². The summed E-state index contributed by atoms with van der Waals surface area (Å²) in [4.78, 5) is 27.9. The van der Waals surface area contributed by atoms with E-state index in [1.165, 1.54) is 6.33 Å². The number of amides is 1. The fourth-order valence-electron chi connectivity index (χ4n) is 4.19. The minimum absolute atomic E-state index is 0.0514. The van der Waals surface area contributed by atoms with Crippen molar-refractivity contribution in [2.24, 2.45) is 0 Å². The van der Waals surface area contributed by atoms with Crippen molar-refractivity contribution in [3.63, 3.8) is 0 Å². The predicted octanol–water partition coefficient (Wildman–Crippen LogP) is 2.35. The van der Waals surface area contributed by atoms with Gasteiger partial charge < -0.3 is 24.3 Å². The summed E-state index contributed by atoms with van der Waals surface area (Å²) in [5, 5.41) is 3.04. The lowest BCUT2D eigenvalue weighted by molar-refractivity contribution is -0.123. The fourth-order valence-corrected chi connectivity index (χ4v) is 4.19. The maximum atomic E-state index is 13.1. The number of benzene rings is 1. The van der Waals surface area contributed by atoms with Crippen LogP contribution in [0.15, 0.2) is 55.5 Å². The van der Waals surface area contributed by atoms with Gasteiger partial charge in [-0.15, -0.1) is 0 Å². The lowest BCUT2D eigenvalue weighted by atomic mass is 10.0. The molecule has 9 nitrogen and oxygen atoms in total. The monoisotopic (exact) mass is 422 g/mol. The Morgan fingerprint density at radius 3 is 2.74 bits per heavy atom. The van der Waals surface area contributed by atoms with E-state index in [0.717, 1.165) is 30.8 Å². The number of rotatable bonds is 8. The summed E-state index contributed by atoms with van der Waals surface area (Å²) in [5.41, 5.74) is 0.369. The number of carbonyl (C=O) groups is 1. The van der Waals surface area contributed by atoms with Gasteiger partial charge in [0.15, 0.2) is 11.5 Å². The highest BCUT2D eigenvalue weighted by atomic mass is 16.5. The molecule has 1 fully saturated rings. The first kappa shape index (κ1) is 20.6. The molecule has 0 saturated carbocycles. The summed E-state index contributed by atoms with van der Waals surface area (Å²) in [6, 6.07) is 7.49. The number of hydrogen-bond donors (Lipinski definition) is 1. The van der Waals surface area contributed by atoms with Gasteiger partial charge in [0.25, 0.3) is 0 Å². The lowest BCUT2D eigenvalue weighted by Crippen LogP contribution is -2.49. The van der Waals surface area contributed by atoms with Crippen LogP contribution >= 0.6 is 0 Å². The number of imidazole rings is 1. The summed E-state index contributed by atoms with van der Waals surface area (Å²) in [5.74, 6) is 2.04. The third-order valence-electron chi connectivity index (χ3n) is 5.67. The van der Waals surface area contributed by atoms with Gasteiger partial charge in [0.05, 0.1) is 27.0 Å². The molecular weight excluding hydrogens is 396 g/mol. The van der Waals surface area contributed by atoms with E-state index < -0.39 is 5.66 Å². The molecule has 162 valence electrons. The van der Waals surface area contributed by atoms with Crippen LogP contribution in [0, 0.1) is 0 Å². The molecule has 4 rings (SSSR count). The molecule has 9 heteroatoms. The van der Waals surface area contributed by atoms with Gasteiger partial charge in [-0.1, -0.05) is 6.07 Å². The Kier molecular flexibility index (Phi) is 6.01. The number of carbonyl (C=O) groups excluding carboxylic acids is 1. The fraction of sp³-hybridized carbons (Fsp3) is 0.364. The average molecular weight is 422 g/mol. The molecule has 0 bridgehead atoms. The maximum Gasteiger partial charge on any atom is 0.224 e. The van der Waals surface area contributed by atoms with E-state index in [0.29, 0.717) is 18.0 Å². The number of ether oxygens (including phenoxy) is 2. The topological polar surface area (TPSA) is 94.4 Å². The molecule has 1 N–H and O–H groups in total. The Balaban J connectivity index is 1.52. The Hall–Kier alpha value is -3.62.